The summed E-state index contributed by atoms with van der Waals surface area (Å²) in [6, 6.07) is 5.33. The number of aliphatic hydroxyl groups is 1. The molecule has 0 aliphatic carbocycles. The molecular formula is C25H28ClN7O2S. The van der Waals surface area contributed by atoms with Crippen LogP contribution in [0.25, 0.3) is 22.3 Å². The molecule has 1 fully saturated rings. The molecule has 1 aromatic carbocycles. The molecule has 1 aliphatic rings. The number of hydrogen-bond acceptors (Lipinski definition) is 8. The van der Waals surface area contributed by atoms with Crippen molar-refractivity contribution in [3.63, 3.8) is 0 Å². The van der Waals surface area contributed by atoms with Crippen LogP contribution in [0.2, 0.25) is 5.02 Å². The van der Waals surface area contributed by atoms with E-state index in [0.717, 1.165) is 41.2 Å². The van der Waals surface area contributed by atoms with Gasteiger partial charge in [0.05, 0.1) is 32.5 Å². The van der Waals surface area contributed by atoms with E-state index in [4.69, 9.17) is 11.6 Å². The van der Waals surface area contributed by atoms with E-state index in [1.807, 2.05) is 18.9 Å². The smallest absolute Gasteiger partial charge is 0.255 e. The van der Waals surface area contributed by atoms with Gasteiger partial charge >= 0.3 is 0 Å². The SMILES string of the molecule is Cc1nc(CN2CCN(C(=O)c3cc4c(-c5ccnc(C(C)(C)O)n5)nn(C)c4cc3Cl)CC2)cs1. The molecule has 4 aromatic rings. The van der Waals surface area contributed by atoms with Gasteiger partial charge in [0, 0.05) is 56.7 Å². The number of rotatable bonds is 5. The molecule has 5 rings (SSSR count). The summed E-state index contributed by atoms with van der Waals surface area (Å²) >= 11 is 8.26. The summed E-state index contributed by atoms with van der Waals surface area (Å²) in [5.41, 5.74) is 2.30. The zero-order valence-electron chi connectivity index (χ0n) is 20.7. The van der Waals surface area contributed by atoms with Crippen molar-refractivity contribution < 1.29 is 9.90 Å². The summed E-state index contributed by atoms with van der Waals surface area (Å²) in [5.74, 6) is 0.204. The largest absolute Gasteiger partial charge is 0.382 e. The van der Waals surface area contributed by atoms with Crippen LogP contribution in [0.15, 0.2) is 29.8 Å². The number of fused-ring (bicyclic) bond motifs is 1. The molecule has 0 unspecified atom stereocenters. The molecule has 1 aliphatic heterocycles. The number of piperazine rings is 1. The quantitative estimate of drug-likeness (QED) is 0.424. The molecule has 1 N–H and O–H groups in total. The van der Waals surface area contributed by atoms with Gasteiger partial charge in [-0.25, -0.2) is 15.0 Å². The second kappa shape index (κ2) is 9.51. The fraction of sp³-hybridized carbons (Fsp3) is 0.400. The zero-order chi connectivity index (χ0) is 25.6. The average Bonchev–Trinajstić information content (AvgIpc) is 3.40. The zero-order valence-corrected chi connectivity index (χ0v) is 22.3. The summed E-state index contributed by atoms with van der Waals surface area (Å²) in [6.07, 6.45) is 1.60. The summed E-state index contributed by atoms with van der Waals surface area (Å²) in [7, 11) is 1.82. The Labute approximate surface area is 218 Å². The first-order chi connectivity index (χ1) is 17.1. The van der Waals surface area contributed by atoms with Crippen LogP contribution in [0.1, 0.15) is 40.7 Å². The van der Waals surface area contributed by atoms with E-state index < -0.39 is 5.60 Å². The van der Waals surface area contributed by atoms with Gasteiger partial charge in [0.15, 0.2) is 5.82 Å². The molecule has 11 heteroatoms. The van der Waals surface area contributed by atoms with Crippen molar-refractivity contribution in [2.45, 2.75) is 32.9 Å². The topological polar surface area (TPSA) is 100 Å². The predicted molar refractivity (Wildman–Crippen MR) is 140 cm³/mol. The third-order valence-corrected chi connectivity index (χ3v) is 7.46. The van der Waals surface area contributed by atoms with Crippen molar-refractivity contribution in [2.75, 3.05) is 26.2 Å². The van der Waals surface area contributed by atoms with Gasteiger partial charge in [-0.15, -0.1) is 11.3 Å². The van der Waals surface area contributed by atoms with Gasteiger partial charge in [-0.05, 0) is 39.0 Å². The second-order valence-corrected chi connectivity index (χ2v) is 11.0. The Kier molecular flexibility index (Phi) is 6.54. The number of amides is 1. The van der Waals surface area contributed by atoms with Gasteiger partial charge in [-0.1, -0.05) is 11.6 Å². The first kappa shape index (κ1) is 24.8. The van der Waals surface area contributed by atoms with Crippen LogP contribution in [-0.4, -0.2) is 71.7 Å². The number of nitrogens with zero attached hydrogens (tertiary/aromatic N) is 7. The lowest BCUT2D eigenvalue weighted by molar-refractivity contribution is 0.0627. The van der Waals surface area contributed by atoms with E-state index in [-0.39, 0.29) is 5.91 Å². The Morgan fingerprint density at radius 2 is 1.94 bits per heavy atom. The van der Waals surface area contributed by atoms with E-state index >= 15 is 0 Å². The van der Waals surface area contributed by atoms with Crippen molar-refractivity contribution in [3.05, 3.63) is 56.9 Å². The van der Waals surface area contributed by atoms with Gasteiger partial charge in [0.1, 0.15) is 11.3 Å². The lowest BCUT2D eigenvalue weighted by Crippen LogP contribution is -2.48. The molecule has 0 spiro atoms. The lowest BCUT2D eigenvalue weighted by Gasteiger charge is -2.34. The molecule has 0 atom stereocenters. The molecule has 0 bridgehead atoms. The van der Waals surface area contributed by atoms with Crippen LogP contribution >= 0.6 is 22.9 Å². The molecule has 0 saturated carbocycles. The van der Waals surface area contributed by atoms with Crippen LogP contribution in [0.3, 0.4) is 0 Å². The molecule has 4 heterocycles. The summed E-state index contributed by atoms with van der Waals surface area (Å²) < 4.78 is 1.72. The standard InChI is InChI=1S/C25H28ClN7O2S/c1-15-28-16(14-36-15)13-32-7-9-33(10-8-32)23(34)17-11-18-21(12-19(17)26)31(4)30-22(18)20-5-6-27-24(29-20)25(2,3)35/h5-6,11-12,14,35H,7-10,13H2,1-4H3. The first-order valence-electron chi connectivity index (χ1n) is 11.8. The van der Waals surface area contributed by atoms with E-state index in [1.54, 1.807) is 54.3 Å². The van der Waals surface area contributed by atoms with Crippen LogP contribution in [0.4, 0.5) is 0 Å². The summed E-state index contributed by atoms with van der Waals surface area (Å²) in [4.78, 5) is 30.9. The summed E-state index contributed by atoms with van der Waals surface area (Å²) in [5, 5.41) is 19.3. The Bertz CT molecular complexity index is 1430. The second-order valence-electron chi connectivity index (χ2n) is 9.57. The fourth-order valence-corrected chi connectivity index (χ4v) is 5.25. The van der Waals surface area contributed by atoms with Crippen molar-refractivity contribution in [1.29, 1.82) is 0 Å². The fourth-order valence-electron chi connectivity index (χ4n) is 4.41. The normalized spacial score (nSPS) is 15.1. The molecule has 1 saturated heterocycles. The molecule has 1 amide bonds. The number of carbonyl (C=O) groups is 1. The van der Waals surface area contributed by atoms with E-state index in [9.17, 15) is 9.90 Å². The van der Waals surface area contributed by atoms with E-state index in [2.05, 4.69) is 30.3 Å². The third-order valence-electron chi connectivity index (χ3n) is 6.33. The maximum absolute atomic E-state index is 13.5. The summed E-state index contributed by atoms with van der Waals surface area (Å²) in [6.45, 7) is 8.88. The average molecular weight is 526 g/mol. The van der Waals surface area contributed by atoms with Gasteiger partial charge < -0.3 is 10.0 Å². The molecular weight excluding hydrogens is 498 g/mol. The molecule has 3 aromatic heterocycles. The monoisotopic (exact) mass is 525 g/mol. The number of thiazole rings is 1. The Balaban J connectivity index is 1.40. The number of benzene rings is 1. The molecule has 36 heavy (non-hydrogen) atoms. The van der Waals surface area contributed by atoms with Crippen LogP contribution in [0.5, 0.6) is 0 Å². The minimum Gasteiger partial charge on any atom is -0.382 e. The molecule has 9 nitrogen and oxygen atoms in total. The number of halogens is 1. The van der Waals surface area contributed by atoms with E-state index in [1.165, 1.54) is 0 Å². The van der Waals surface area contributed by atoms with Gasteiger partial charge in [0.25, 0.3) is 5.91 Å². The number of carbonyl (C=O) groups excluding carboxylic acids is 1. The van der Waals surface area contributed by atoms with E-state index in [0.29, 0.717) is 40.9 Å². The number of aryl methyl sites for hydroxylation is 2. The predicted octanol–water partition coefficient (Wildman–Crippen LogP) is 3.63. The van der Waals surface area contributed by atoms with Crippen LogP contribution in [-0.2, 0) is 19.2 Å². The highest BCUT2D eigenvalue weighted by Gasteiger charge is 2.26. The van der Waals surface area contributed by atoms with Gasteiger partial charge in [-0.3, -0.25) is 14.4 Å². The highest BCUT2D eigenvalue weighted by atomic mass is 35.5. The van der Waals surface area contributed by atoms with Crippen molar-refractivity contribution in [2.24, 2.45) is 7.05 Å². The van der Waals surface area contributed by atoms with Crippen molar-refractivity contribution >= 4 is 39.7 Å². The number of hydrogen-bond donors (Lipinski definition) is 1. The Morgan fingerprint density at radius 3 is 2.61 bits per heavy atom. The van der Waals surface area contributed by atoms with Crippen molar-refractivity contribution in [1.82, 2.24) is 34.5 Å². The number of aromatic nitrogens is 5. The Morgan fingerprint density at radius 1 is 1.19 bits per heavy atom. The van der Waals surface area contributed by atoms with Gasteiger partial charge in [-0.2, -0.15) is 5.10 Å². The molecule has 188 valence electrons. The highest BCUT2D eigenvalue weighted by Crippen LogP contribution is 2.32. The maximum atomic E-state index is 13.5. The van der Waals surface area contributed by atoms with Crippen molar-refractivity contribution in [3.8, 4) is 11.4 Å². The molecule has 0 radical (unpaired) electrons. The van der Waals surface area contributed by atoms with Crippen LogP contribution < -0.4 is 0 Å². The highest BCUT2D eigenvalue weighted by molar-refractivity contribution is 7.09. The third kappa shape index (κ3) is 4.86. The Hall–Kier alpha value is -2.92. The minimum absolute atomic E-state index is 0.0966. The minimum atomic E-state index is -1.19. The lowest BCUT2D eigenvalue weighted by atomic mass is 10.1. The maximum Gasteiger partial charge on any atom is 0.255 e. The first-order valence-corrected chi connectivity index (χ1v) is 13.0. The van der Waals surface area contributed by atoms with Gasteiger partial charge in [0.2, 0.25) is 0 Å². The van der Waals surface area contributed by atoms with Crippen LogP contribution in [0, 0.1) is 6.92 Å².